The van der Waals surface area contributed by atoms with Crippen molar-refractivity contribution in [1.29, 1.82) is 0 Å². The topological polar surface area (TPSA) is 21.3 Å². The number of hydrogen-bond acceptors (Lipinski definition) is 2. The molecule has 0 aliphatic heterocycles. The maximum Gasteiger partial charge on any atom is 0.122 e. The molecule has 1 aromatic rings. The molecule has 100 valence electrons. The Balaban J connectivity index is 2.08. The van der Waals surface area contributed by atoms with E-state index < -0.39 is 0 Å². The number of methoxy groups -OCH3 is 1. The smallest absolute Gasteiger partial charge is 0.122 e. The van der Waals surface area contributed by atoms with Crippen LogP contribution in [0.4, 0.5) is 0 Å². The Hall–Kier alpha value is -1.02. The summed E-state index contributed by atoms with van der Waals surface area (Å²) in [5, 5.41) is 3.56. The van der Waals surface area contributed by atoms with Crippen LogP contribution in [0.15, 0.2) is 18.2 Å². The molecule has 1 fully saturated rings. The van der Waals surface area contributed by atoms with Crippen molar-refractivity contribution in [1.82, 2.24) is 5.32 Å². The summed E-state index contributed by atoms with van der Waals surface area (Å²) >= 11 is 0. The van der Waals surface area contributed by atoms with Crippen LogP contribution >= 0.6 is 0 Å². The minimum atomic E-state index is 0.199. The van der Waals surface area contributed by atoms with Gasteiger partial charge < -0.3 is 10.1 Å². The Morgan fingerprint density at radius 1 is 1.28 bits per heavy atom. The molecule has 1 N–H and O–H groups in total. The van der Waals surface area contributed by atoms with Crippen molar-refractivity contribution in [2.45, 2.75) is 51.5 Å². The van der Waals surface area contributed by atoms with Gasteiger partial charge in [0.2, 0.25) is 0 Å². The molecule has 0 atom stereocenters. The van der Waals surface area contributed by atoms with E-state index in [1.54, 1.807) is 7.11 Å². The van der Waals surface area contributed by atoms with E-state index in [9.17, 15) is 0 Å². The van der Waals surface area contributed by atoms with Gasteiger partial charge in [-0.05, 0) is 48.4 Å². The minimum absolute atomic E-state index is 0.199. The van der Waals surface area contributed by atoms with Crippen molar-refractivity contribution < 1.29 is 4.74 Å². The van der Waals surface area contributed by atoms with Crippen molar-refractivity contribution in [2.24, 2.45) is 0 Å². The SMILES string of the molecule is COc1ccc(C(C)(C)C)cc1CCNC1CC1. The summed E-state index contributed by atoms with van der Waals surface area (Å²) < 4.78 is 5.46. The summed E-state index contributed by atoms with van der Waals surface area (Å²) in [5.41, 5.74) is 2.90. The van der Waals surface area contributed by atoms with Gasteiger partial charge in [-0.15, -0.1) is 0 Å². The fourth-order valence-corrected chi connectivity index (χ4v) is 2.14. The fourth-order valence-electron chi connectivity index (χ4n) is 2.14. The zero-order valence-electron chi connectivity index (χ0n) is 12.0. The van der Waals surface area contributed by atoms with Gasteiger partial charge in [0.25, 0.3) is 0 Å². The van der Waals surface area contributed by atoms with E-state index >= 15 is 0 Å². The number of ether oxygens (including phenoxy) is 1. The lowest BCUT2D eigenvalue weighted by Gasteiger charge is -2.21. The molecule has 0 spiro atoms. The van der Waals surface area contributed by atoms with Gasteiger partial charge in [0, 0.05) is 6.04 Å². The van der Waals surface area contributed by atoms with Crippen LogP contribution in [0.1, 0.15) is 44.7 Å². The molecule has 1 aliphatic rings. The first kappa shape index (κ1) is 13.4. The Morgan fingerprint density at radius 3 is 2.56 bits per heavy atom. The van der Waals surface area contributed by atoms with E-state index in [1.165, 1.54) is 24.0 Å². The molecule has 0 amide bonds. The molecule has 0 unspecified atom stereocenters. The normalized spacial score (nSPS) is 15.8. The van der Waals surface area contributed by atoms with Crippen LogP contribution < -0.4 is 10.1 Å². The van der Waals surface area contributed by atoms with E-state index in [1.807, 2.05) is 0 Å². The van der Waals surface area contributed by atoms with Crippen molar-refractivity contribution >= 4 is 0 Å². The number of rotatable bonds is 5. The fraction of sp³-hybridized carbons (Fsp3) is 0.625. The van der Waals surface area contributed by atoms with E-state index in [0.29, 0.717) is 0 Å². The van der Waals surface area contributed by atoms with Gasteiger partial charge in [-0.3, -0.25) is 0 Å². The van der Waals surface area contributed by atoms with Gasteiger partial charge >= 0.3 is 0 Å². The predicted octanol–water partition coefficient (Wildman–Crippen LogP) is 3.29. The van der Waals surface area contributed by atoms with Crippen molar-refractivity contribution in [3.63, 3.8) is 0 Å². The first-order valence-corrected chi connectivity index (χ1v) is 6.91. The zero-order valence-corrected chi connectivity index (χ0v) is 12.0. The maximum absolute atomic E-state index is 5.46. The average Bonchev–Trinajstić information content (AvgIpc) is 3.12. The molecule has 1 aromatic carbocycles. The summed E-state index contributed by atoms with van der Waals surface area (Å²) in [7, 11) is 1.75. The molecule has 0 bridgehead atoms. The second kappa shape index (κ2) is 5.31. The van der Waals surface area contributed by atoms with E-state index in [4.69, 9.17) is 4.74 Å². The number of hydrogen-bond donors (Lipinski definition) is 1. The lowest BCUT2D eigenvalue weighted by molar-refractivity contribution is 0.408. The first-order chi connectivity index (χ1) is 8.50. The quantitative estimate of drug-likeness (QED) is 0.862. The van der Waals surface area contributed by atoms with E-state index in [0.717, 1.165) is 24.8 Å². The van der Waals surface area contributed by atoms with Gasteiger partial charge in [-0.1, -0.05) is 32.9 Å². The number of nitrogens with one attached hydrogen (secondary N) is 1. The van der Waals surface area contributed by atoms with Crippen LogP contribution in [0.25, 0.3) is 0 Å². The lowest BCUT2D eigenvalue weighted by atomic mass is 9.85. The van der Waals surface area contributed by atoms with E-state index in [2.05, 4.69) is 44.3 Å². The summed E-state index contributed by atoms with van der Waals surface area (Å²) in [6.45, 7) is 7.80. The third-order valence-corrected chi connectivity index (χ3v) is 3.55. The molecule has 0 radical (unpaired) electrons. The summed E-state index contributed by atoms with van der Waals surface area (Å²) in [5.74, 6) is 1.01. The van der Waals surface area contributed by atoms with Crippen molar-refractivity contribution in [2.75, 3.05) is 13.7 Å². The van der Waals surface area contributed by atoms with Crippen LogP contribution in [0.2, 0.25) is 0 Å². The zero-order chi connectivity index (χ0) is 13.2. The third-order valence-electron chi connectivity index (χ3n) is 3.55. The van der Waals surface area contributed by atoms with Gasteiger partial charge in [0.15, 0.2) is 0 Å². The van der Waals surface area contributed by atoms with Crippen LogP contribution in [-0.2, 0) is 11.8 Å². The molecule has 2 rings (SSSR count). The van der Waals surface area contributed by atoms with Gasteiger partial charge in [-0.25, -0.2) is 0 Å². The molecular weight excluding hydrogens is 222 g/mol. The highest BCUT2D eigenvalue weighted by Crippen LogP contribution is 2.28. The monoisotopic (exact) mass is 247 g/mol. The molecular formula is C16H25NO. The lowest BCUT2D eigenvalue weighted by Crippen LogP contribution is -2.20. The van der Waals surface area contributed by atoms with Crippen LogP contribution in [-0.4, -0.2) is 19.7 Å². The summed E-state index contributed by atoms with van der Waals surface area (Å²) in [6, 6.07) is 7.36. The minimum Gasteiger partial charge on any atom is -0.496 e. The third kappa shape index (κ3) is 3.49. The molecule has 1 saturated carbocycles. The van der Waals surface area contributed by atoms with Crippen molar-refractivity contribution in [3.8, 4) is 5.75 Å². The molecule has 18 heavy (non-hydrogen) atoms. The highest BCUT2D eigenvalue weighted by Gasteiger charge is 2.20. The average molecular weight is 247 g/mol. The second-order valence-electron chi connectivity index (χ2n) is 6.26. The molecule has 0 aromatic heterocycles. The Labute approximate surface area is 111 Å². The van der Waals surface area contributed by atoms with Crippen LogP contribution in [0.5, 0.6) is 5.75 Å². The summed E-state index contributed by atoms with van der Waals surface area (Å²) in [4.78, 5) is 0. The molecule has 0 saturated heterocycles. The van der Waals surface area contributed by atoms with Crippen molar-refractivity contribution in [3.05, 3.63) is 29.3 Å². The standard InChI is InChI=1S/C16H25NO/c1-16(2,3)13-5-8-15(18-4)12(11-13)9-10-17-14-6-7-14/h5,8,11,14,17H,6-7,9-10H2,1-4H3. The largest absolute Gasteiger partial charge is 0.496 e. The Morgan fingerprint density at radius 2 is 2.00 bits per heavy atom. The van der Waals surface area contributed by atoms with E-state index in [-0.39, 0.29) is 5.41 Å². The molecule has 0 heterocycles. The second-order valence-corrected chi connectivity index (χ2v) is 6.26. The van der Waals surface area contributed by atoms with Gasteiger partial charge in [0.1, 0.15) is 5.75 Å². The molecule has 2 nitrogen and oxygen atoms in total. The summed E-state index contributed by atoms with van der Waals surface area (Å²) in [6.07, 6.45) is 3.74. The van der Waals surface area contributed by atoms with Gasteiger partial charge in [0.05, 0.1) is 7.11 Å². The van der Waals surface area contributed by atoms with Crippen LogP contribution in [0, 0.1) is 0 Å². The highest BCUT2D eigenvalue weighted by molar-refractivity contribution is 5.39. The Bertz CT molecular complexity index is 402. The number of benzene rings is 1. The van der Waals surface area contributed by atoms with Crippen LogP contribution in [0.3, 0.4) is 0 Å². The maximum atomic E-state index is 5.46. The van der Waals surface area contributed by atoms with Gasteiger partial charge in [-0.2, -0.15) is 0 Å². The highest BCUT2D eigenvalue weighted by atomic mass is 16.5. The predicted molar refractivity (Wildman–Crippen MR) is 76.4 cm³/mol. The Kier molecular flexibility index (Phi) is 3.96. The first-order valence-electron chi connectivity index (χ1n) is 6.91. The molecule has 2 heteroatoms. The molecule has 1 aliphatic carbocycles.